The highest BCUT2D eigenvalue weighted by atomic mass is 19.3. The molecule has 3 fully saturated rings. The number of pyridine rings is 1. The van der Waals surface area contributed by atoms with Gasteiger partial charge in [0.25, 0.3) is 5.91 Å². The third-order valence-corrected chi connectivity index (χ3v) is 10.3. The number of carbonyl (C=O) groups is 2. The molecule has 1 saturated heterocycles. The Morgan fingerprint density at radius 3 is 2.21 bits per heavy atom. The molecule has 0 bridgehead atoms. The molecule has 6 nitrogen and oxygen atoms in total. The highest BCUT2D eigenvalue weighted by molar-refractivity contribution is 5.95. The monoisotopic (exact) mass is 640 g/mol. The maximum Gasteiger partial charge on any atom is 0.253 e. The zero-order valence-corrected chi connectivity index (χ0v) is 26.7. The fourth-order valence-electron chi connectivity index (χ4n) is 7.81. The van der Waals surface area contributed by atoms with E-state index in [1.54, 1.807) is 17.2 Å². The van der Waals surface area contributed by atoms with E-state index in [0.717, 1.165) is 53.8 Å². The molecule has 47 heavy (non-hydrogen) atoms. The largest absolute Gasteiger partial charge is 0.345 e. The lowest BCUT2D eigenvalue weighted by Gasteiger charge is -2.56. The highest BCUT2D eigenvalue weighted by Gasteiger charge is 2.50. The molecule has 0 radical (unpaired) electrons. The third-order valence-electron chi connectivity index (χ3n) is 10.3. The number of hydrogen-bond donors (Lipinski definition) is 1. The van der Waals surface area contributed by atoms with E-state index in [1.807, 2.05) is 37.3 Å². The van der Waals surface area contributed by atoms with Crippen molar-refractivity contribution in [3.63, 3.8) is 0 Å². The average molecular weight is 641 g/mol. The van der Waals surface area contributed by atoms with Gasteiger partial charge in [-0.25, -0.2) is 13.2 Å². The molecule has 2 aromatic carbocycles. The number of rotatable bonds is 7. The van der Waals surface area contributed by atoms with Gasteiger partial charge in [0.15, 0.2) is 0 Å². The van der Waals surface area contributed by atoms with Crippen molar-refractivity contribution in [1.82, 2.24) is 20.1 Å². The van der Waals surface area contributed by atoms with Gasteiger partial charge in [0.05, 0.1) is 11.6 Å². The highest BCUT2D eigenvalue weighted by Crippen LogP contribution is 2.54. The SMILES string of the molecule is C[C@@H](NC(=O)c1cncc(C2=CCN(C(=O)C3CC(F)(F)C3)CC2)c1)c1ccc(C(=C2CC3(C2)CN(C)C3)c2ccc(F)cc2)cc1. The predicted molar refractivity (Wildman–Crippen MR) is 175 cm³/mol. The number of carbonyl (C=O) groups excluding carboxylic acids is 2. The molecule has 3 aromatic rings. The average Bonchev–Trinajstić information content (AvgIpc) is 3.02. The van der Waals surface area contributed by atoms with Crippen molar-refractivity contribution in [2.45, 2.75) is 51.0 Å². The fraction of sp³-hybridized carbons (Fsp3) is 0.395. The van der Waals surface area contributed by atoms with Crippen LogP contribution >= 0.6 is 0 Å². The molecule has 1 atom stereocenters. The van der Waals surface area contributed by atoms with Gasteiger partial charge < -0.3 is 15.1 Å². The second kappa shape index (κ2) is 12.1. The first-order valence-corrected chi connectivity index (χ1v) is 16.4. The van der Waals surface area contributed by atoms with Gasteiger partial charge in [-0.2, -0.15) is 0 Å². The molecule has 0 unspecified atom stereocenters. The summed E-state index contributed by atoms with van der Waals surface area (Å²) in [6, 6.07) is 16.5. The van der Waals surface area contributed by atoms with Gasteiger partial charge in [-0.1, -0.05) is 48.0 Å². The maximum absolute atomic E-state index is 13.8. The van der Waals surface area contributed by atoms with Crippen molar-refractivity contribution in [3.8, 4) is 0 Å². The van der Waals surface area contributed by atoms with Crippen LogP contribution in [0.2, 0.25) is 0 Å². The molecule has 244 valence electrons. The first-order chi connectivity index (χ1) is 22.5. The van der Waals surface area contributed by atoms with E-state index in [4.69, 9.17) is 0 Å². The molecule has 7 rings (SSSR count). The molecule has 1 aromatic heterocycles. The zero-order valence-electron chi connectivity index (χ0n) is 26.7. The van der Waals surface area contributed by atoms with Crippen LogP contribution in [0.5, 0.6) is 0 Å². The first kappa shape index (κ1) is 31.4. The van der Waals surface area contributed by atoms with E-state index >= 15 is 0 Å². The normalized spacial score (nSPS) is 20.8. The number of aromatic nitrogens is 1. The Hall–Kier alpha value is -4.24. The predicted octanol–water partition coefficient (Wildman–Crippen LogP) is 6.90. The number of alkyl halides is 2. The van der Waals surface area contributed by atoms with Crippen LogP contribution in [0.3, 0.4) is 0 Å². The van der Waals surface area contributed by atoms with Crippen molar-refractivity contribution in [3.05, 3.63) is 112 Å². The number of likely N-dealkylation sites (tertiary alicyclic amines) is 1. The summed E-state index contributed by atoms with van der Waals surface area (Å²) in [7, 11) is 2.15. The van der Waals surface area contributed by atoms with E-state index in [1.165, 1.54) is 29.5 Å². The number of nitrogens with one attached hydrogen (secondary N) is 1. The minimum atomic E-state index is -2.72. The van der Waals surface area contributed by atoms with E-state index in [0.29, 0.717) is 30.5 Å². The van der Waals surface area contributed by atoms with Crippen molar-refractivity contribution in [1.29, 1.82) is 0 Å². The van der Waals surface area contributed by atoms with Gasteiger partial charge in [-0.3, -0.25) is 14.6 Å². The number of allylic oxidation sites excluding steroid dienone is 1. The molecule has 1 spiro atoms. The quantitative estimate of drug-likeness (QED) is 0.305. The zero-order chi connectivity index (χ0) is 32.9. The molecule has 2 aliphatic carbocycles. The minimum Gasteiger partial charge on any atom is -0.345 e. The van der Waals surface area contributed by atoms with E-state index in [2.05, 4.69) is 34.4 Å². The van der Waals surface area contributed by atoms with Crippen molar-refractivity contribution in [2.24, 2.45) is 11.3 Å². The van der Waals surface area contributed by atoms with E-state index < -0.39 is 11.8 Å². The third kappa shape index (κ3) is 6.38. The Labute approximate surface area is 273 Å². The summed E-state index contributed by atoms with van der Waals surface area (Å²) in [4.78, 5) is 34.2. The molecule has 2 amide bonds. The molecule has 2 saturated carbocycles. The summed E-state index contributed by atoms with van der Waals surface area (Å²) in [5.74, 6) is -4.01. The number of hydrogen-bond acceptors (Lipinski definition) is 4. The van der Waals surface area contributed by atoms with Crippen LogP contribution in [0, 0.1) is 17.2 Å². The number of halogens is 3. The van der Waals surface area contributed by atoms with Gasteiger partial charge >= 0.3 is 0 Å². The van der Waals surface area contributed by atoms with Crippen LogP contribution in [-0.2, 0) is 4.79 Å². The minimum absolute atomic E-state index is 0.207. The molecule has 3 heterocycles. The lowest BCUT2D eigenvalue weighted by molar-refractivity contribution is -0.159. The standard InChI is InChI=1S/C38H39F3N4O2/c1-24(25-3-5-27(6-4-25)34(28-7-9-33(39)10-8-28)31-16-37(17-31)22-44(2)23-37)43-35(46)30-15-29(20-42-21-30)26-11-13-45(14-12-26)36(47)32-18-38(40,41)19-32/h3-11,15,20-21,24,32H,12-14,16-19,22-23H2,1-2H3,(H,43,46)/t24-/m1/s1. The molecule has 4 aliphatic rings. The first-order valence-electron chi connectivity index (χ1n) is 16.4. The summed E-state index contributed by atoms with van der Waals surface area (Å²) in [6.07, 6.45) is 7.11. The molecular formula is C38H39F3N4O2. The number of nitrogens with zero attached hydrogens (tertiary/aromatic N) is 3. The Morgan fingerprint density at radius 1 is 0.957 bits per heavy atom. The number of amides is 2. The topological polar surface area (TPSA) is 65.5 Å². The van der Waals surface area contributed by atoms with E-state index in [-0.39, 0.29) is 36.5 Å². The Kier molecular flexibility index (Phi) is 8.07. The molecular weight excluding hydrogens is 601 g/mol. The van der Waals surface area contributed by atoms with Gasteiger partial charge in [0.1, 0.15) is 5.82 Å². The van der Waals surface area contributed by atoms with Gasteiger partial charge in [0, 0.05) is 62.7 Å². The fourth-order valence-corrected chi connectivity index (χ4v) is 7.81. The number of benzene rings is 2. The lowest BCUT2D eigenvalue weighted by atomic mass is 9.59. The van der Waals surface area contributed by atoms with E-state index in [9.17, 15) is 22.8 Å². The van der Waals surface area contributed by atoms with Crippen molar-refractivity contribution < 1.29 is 22.8 Å². The van der Waals surface area contributed by atoms with Gasteiger partial charge in [-0.15, -0.1) is 0 Å². The van der Waals surface area contributed by atoms with Crippen LogP contribution in [0.25, 0.3) is 11.1 Å². The van der Waals surface area contributed by atoms with Gasteiger partial charge in [-0.05, 0) is 84.8 Å². The molecule has 1 N–H and O–H groups in total. The second-order valence-electron chi connectivity index (χ2n) is 14.0. The Balaban J connectivity index is 1.00. The van der Waals surface area contributed by atoms with Crippen molar-refractivity contribution >= 4 is 23.0 Å². The van der Waals surface area contributed by atoms with Crippen LogP contribution in [0.4, 0.5) is 13.2 Å². The molecule has 2 aliphatic heterocycles. The van der Waals surface area contributed by atoms with Crippen LogP contribution in [0.15, 0.2) is 78.6 Å². The summed E-state index contributed by atoms with van der Waals surface area (Å²) in [5.41, 5.74) is 8.24. The summed E-state index contributed by atoms with van der Waals surface area (Å²) in [6.45, 7) is 4.99. The maximum atomic E-state index is 13.8. The summed E-state index contributed by atoms with van der Waals surface area (Å²) >= 11 is 0. The van der Waals surface area contributed by atoms with Crippen LogP contribution < -0.4 is 5.32 Å². The molecule has 9 heteroatoms. The van der Waals surface area contributed by atoms with Crippen LogP contribution in [-0.4, -0.2) is 65.7 Å². The summed E-state index contributed by atoms with van der Waals surface area (Å²) in [5, 5.41) is 3.09. The summed E-state index contributed by atoms with van der Waals surface area (Å²) < 4.78 is 40.2. The Morgan fingerprint density at radius 2 is 1.62 bits per heavy atom. The van der Waals surface area contributed by atoms with Crippen LogP contribution in [0.1, 0.15) is 77.7 Å². The van der Waals surface area contributed by atoms with Gasteiger partial charge in [0.2, 0.25) is 11.8 Å². The lowest BCUT2D eigenvalue weighted by Crippen LogP contribution is -2.58. The smallest absolute Gasteiger partial charge is 0.253 e. The Bertz CT molecular complexity index is 1740. The van der Waals surface area contributed by atoms with Crippen molar-refractivity contribution in [2.75, 3.05) is 33.2 Å². The second-order valence-corrected chi connectivity index (χ2v) is 14.0.